The Morgan fingerprint density at radius 1 is 0.976 bits per heavy atom. The number of hydrogen-bond donors (Lipinski definition) is 3. The molecule has 0 saturated carbocycles. The topological polar surface area (TPSA) is 161 Å². The van der Waals surface area contributed by atoms with Crippen LogP contribution in [0.5, 0.6) is 11.5 Å². The number of anilines is 2. The quantitative estimate of drug-likeness (QED) is 0.0850. The van der Waals surface area contributed by atoms with Crippen LogP contribution >= 0.6 is 0 Å². The Hall–Kier alpha value is -5.69. The molecule has 12 nitrogen and oxygen atoms in total. The van der Waals surface area contributed by atoms with Crippen LogP contribution in [0, 0.1) is 10.1 Å². The summed E-state index contributed by atoms with van der Waals surface area (Å²) in [6.07, 6.45) is 3.24. The van der Waals surface area contributed by atoms with Crippen molar-refractivity contribution in [1.29, 1.82) is 0 Å². The molecule has 212 valence electrons. The molecule has 13 heteroatoms. The number of para-hydroxylation sites is 3. The molecule has 0 bridgehead atoms. The lowest BCUT2D eigenvalue weighted by molar-refractivity contribution is -0.385. The molecule has 42 heavy (non-hydrogen) atoms. The molecule has 0 aliphatic rings. The van der Waals surface area contributed by atoms with Crippen LogP contribution in [0.15, 0.2) is 113 Å². The number of ether oxygens (including phenoxy) is 1. The summed E-state index contributed by atoms with van der Waals surface area (Å²) in [4.78, 5) is 10.3. The molecule has 0 amide bonds. The molecule has 0 saturated heterocycles. The highest BCUT2D eigenvalue weighted by Gasteiger charge is 2.23. The highest BCUT2D eigenvalue weighted by molar-refractivity contribution is 7.93. The van der Waals surface area contributed by atoms with Crippen molar-refractivity contribution >= 4 is 33.3 Å². The van der Waals surface area contributed by atoms with Crippen LogP contribution in [-0.4, -0.2) is 41.6 Å². The van der Waals surface area contributed by atoms with E-state index in [1.54, 1.807) is 18.0 Å². The number of phenolic OH excluding ortho intramolecular Hbond substituents is 1. The SMILES string of the molecule is COc1ccc(-c2nn(-c3ccccc3)cc2C=NNc2ccc([N+](=O)[O-])cc2S(=O)(=O)Nc2ccccc2O)cc1. The highest BCUT2D eigenvalue weighted by Crippen LogP contribution is 2.31. The van der Waals surface area contributed by atoms with E-state index in [1.807, 2.05) is 54.6 Å². The number of methoxy groups -OCH3 is 1. The second-order valence-electron chi connectivity index (χ2n) is 8.87. The predicted octanol–water partition coefficient (Wildman–Crippen LogP) is 5.41. The van der Waals surface area contributed by atoms with Gasteiger partial charge < -0.3 is 9.84 Å². The summed E-state index contributed by atoms with van der Waals surface area (Å²) in [5.74, 6) is 0.378. The average Bonchev–Trinajstić information content (AvgIpc) is 3.43. The molecule has 3 N–H and O–H groups in total. The van der Waals surface area contributed by atoms with E-state index in [0.717, 1.165) is 23.4 Å². The molecule has 5 rings (SSSR count). The fourth-order valence-electron chi connectivity index (χ4n) is 4.04. The molecule has 1 aromatic heterocycles. The van der Waals surface area contributed by atoms with E-state index in [2.05, 4.69) is 15.2 Å². The summed E-state index contributed by atoms with van der Waals surface area (Å²) < 4.78 is 35.8. The van der Waals surface area contributed by atoms with E-state index in [9.17, 15) is 23.6 Å². The standard InChI is InChI=1S/C29H24N6O6S/c1-41-24-14-11-20(12-15-24)29-21(19-34(32-29)22-7-3-2-4-8-22)18-30-31-26-16-13-23(35(37)38)17-28(26)42(39,40)33-25-9-5-6-10-27(25)36/h2-19,31,33,36H,1H3. The Morgan fingerprint density at radius 3 is 2.38 bits per heavy atom. The Balaban J connectivity index is 1.50. The van der Waals surface area contributed by atoms with Gasteiger partial charge in [0.25, 0.3) is 15.7 Å². The third-order valence-corrected chi connectivity index (χ3v) is 7.53. The molecule has 0 aliphatic heterocycles. The highest BCUT2D eigenvalue weighted by atomic mass is 32.2. The first-order valence-electron chi connectivity index (χ1n) is 12.4. The lowest BCUT2D eigenvalue weighted by Crippen LogP contribution is -2.15. The van der Waals surface area contributed by atoms with Gasteiger partial charge in [-0.15, -0.1) is 0 Å². The second-order valence-corrected chi connectivity index (χ2v) is 10.5. The number of phenols is 1. The van der Waals surface area contributed by atoms with Crippen molar-refractivity contribution in [3.05, 3.63) is 119 Å². The predicted molar refractivity (Wildman–Crippen MR) is 159 cm³/mol. The van der Waals surface area contributed by atoms with Crippen molar-refractivity contribution in [2.24, 2.45) is 5.10 Å². The monoisotopic (exact) mass is 584 g/mol. The van der Waals surface area contributed by atoms with E-state index < -0.39 is 25.5 Å². The first-order valence-corrected chi connectivity index (χ1v) is 13.9. The number of nitro groups is 1. The molecule has 1 heterocycles. The average molecular weight is 585 g/mol. The third-order valence-electron chi connectivity index (χ3n) is 6.13. The molecule has 0 fully saturated rings. The Labute approximate surface area is 240 Å². The first-order chi connectivity index (χ1) is 20.2. The Kier molecular flexibility index (Phi) is 7.84. The van der Waals surface area contributed by atoms with Gasteiger partial charge in [0.2, 0.25) is 0 Å². The smallest absolute Gasteiger partial charge is 0.270 e. The van der Waals surface area contributed by atoms with Crippen LogP contribution in [0.1, 0.15) is 5.56 Å². The van der Waals surface area contributed by atoms with Gasteiger partial charge in [-0.05, 0) is 54.6 Å². The minimum Gasteiger partial charge on any atom is -0.506 e. The van der Waals surface area contributed by atoms with Crippen LogP contribution < -0.4 is 14.9 Å². The van der Waals surface area contributed by atoms with Crippen LogP contribution in [0.3, 0.4) is 0 Å². The fourth-order valence-corrected chi connectivity index (χ4v) is 5.29. The molecule has 4 aromatic carbocycles. The number of nitrogens with zero attached hydrogens (tertiary/aromatic N) is 4. The number of nitrogens with one attached hydrogen (secondary N) is 2. The maximum Gasteiger partial charge on any atom is 0.270 e. The second kappa shape index (κ2) is 11.8. The molecule has 0 atom stereocenters. The van der Waals surface area contributed by atoms with E-state index in [4.69, 9.17) is 9.84 Å². The first kappa shape index (κ1) is 27.9. The molecular weight excluding hydrogens is 560 g/mol. The van der Waals surface area contributed by atoms with Crippen LogP contribution in [0.2, 0.25) is 0 Å². The largest absolute Gasteiger partial charge is 0.506 e. The summed E-state index contributed by atoms with van der Waals surface area (Å²) in [6.45, 7) is 0. The summed E-state index contributed by atoms with van der Waals surface area (Å²) in [5.41, 5.74) is 4.95. The van der Waals surface area contributed by atoms with E-state index in [0.29, 0.717) is 17.0 Å². The van der Waals surface area contributed by atoms with Gasteiger partial charge in [-0.25, -0.2) is 13.1 Å². The summed E-state index contributed by atoms with van der Waals surface area (Å²) in [7, 11) is -2.81. The zero-order valence-corrected chi connectivity index (χ0v) is 22.9. The lowest BCUT2D eigenvalue weighted by atomic mass is 10.1. The number of hydrazone groups is 1. The zero-order valence-electron chi connectivity index (χ0n) is 22.1. The summed E-state index contributed by atoms with van der Waals surface area (Å²) in [5, 5.41) is 30.4. The summed E-state index contributed by atoms with van der Waals surface area (Å²) in [6, 6.07) is 25.8. The van der Waals surface area contributed by atoms with Crippen molar-refractivity contribution in [2.75, 3.05) is 17.3 Å². The zero-order chi connectivity index (χ0) is 29.7. The number of aromatic hydroxyl groups is 1. The number of nitro benzene ring substituents is 1. The molecule has 0 spiro atoms. The van der Waals surface area contributed by atoms with Gasteiger partial charge in [0, 0.05) is 29.5 Å². The number of benzene rings is 4. The van der Waals surface area contributed by atoms with E-state index in [-0.39, 0.29) is 17.1 Å². The van der Waals surface area contributed by atoms with Gasteiger partial charge in [-0.1, -0.05) is 30.3 Å². The maximum atomic E-state index is 13.3. The minimum absolute atomic E-state index is 0.0266. The van der Waals surface area contributed by atoms with Gasteiger partial charge in [-0.2, -0.15) is 10.2 Å². The van der Waals surface area contributed by atoms with Crippen molar-refractivity contribution in [3.8, 4) is 28.4 Å². The van der Waals surface area contributed by atoms with Crippen molar-refractivity contribution in [1.82, 2.24) is 9.78 Å². The molecule has 5 aromatic rings. The maximum absolute atomic E-state index is 13.3. The fraction of sp³-hybridized carbons (Fsp3) is 0.0345. The van der Waals surface area contributed by atoms with Gasteiger partial charge in [0.1, 0.15) is 22.1 Å². The number of rotatable bonds is 10. The number of aromatic nitrogens is 2. The van der Waals surface area contributed by atoms with Crippen LogP contribution in [0.25, 0.3) is 16.9 Å². The Morgan fingerprint density at radius 2 is 1.69 bits per heavy atom. The lowest BCUT2D eigenvalue weighted by Gasteiger charge is -2.12. The number of sulfonamides is 1. The molecular formula is C29H24N6O6S. The molecule has 0 aliphatic carbocycles. The third kappa shape index (κ3) is 6.05. The van der Waals surface area contributed by atoms with Gasteiger partial charge in [0.05, 0.1) is 35.3 Å². The molecule has 0 unspecified atom stereocenters. The van der Waals surface area contributed by atoms with Crippen LogP contribution in [-0.2, 0) is 10.0 Å². The van der Waals surface area contributed by atoms with Crippen molar-refractivity contribution in [3.63, 3.8) is 0 Å². The van der Waals surface area contributed by atoms with E-state index in [1.165, 1.54) is 36.5 Å². The van der Waals surface area contributed by atoms with Crippen LogP contribution in [0.4, 0.5) is 17.1 Å². The normalized spacial score (nSPS) is 11.4. The molecule has 0 radical (unpaired) electrons. The van der Waals surface area contributed by atoms with Gasteiger partial charge in [-0.3, -0.25) is 20.3 Å². The Bertz CT molecular complexity index is 1870. The van der Waals surface area contributed by atoms with Gasteiger partial charge in [0.15, 0.2) is 0 Å². The van der Waals surface area contributed by atoms with Crippen molar-refractivity contribution < 1.29 is 23.2 Å². The minimum atomic E-state index is -4.39. The number of hydrogen-bond acceptors (Lipinski definition) is 9. The van der Waals surface area contributed by atoms with E-state index >= 15 is 0 Å². The summed E-state index contributed by atoms with van der Waals surface area (Å²) >= 11 is 0. The number of non-ortho nitro benzene ring substituents is 1. The van der Waals surface area contributed by atoms with Crippen molar-refractivity contribution in [2.45, 2.75) is 4.90 Å². The van der Waals surface area contributed by atoms with Gasteiger partial charge >= 0.3 is 0 Å².